The molecule has 2 fully saturated rings. The molecule has 2 aromatic rings. The molecule has 7 nitrogen and oxygen atoms in total. The molecule has 2 heterocycles. The molecule has 1 aliphatic carbocycles. The van der Waals surface area contributed by atoms with E-state index in [0.29, 0.717) is 35.7 Å². The fourth-order valence-corrected chi connectivity index (χ4v) is 3.04. The Bertz CT molecular complexity index is 738. The summed E-state index contributed by atoms with van der Waals surface area (Å²) in [5.41, 5.74) is 0.0850. The highest BCUT2D eigenvalue weighted by molar-refractivity contribution is 5.91. The van der Waals surface area contributed by atoms with Crippen LogP contribution in [0.15, 0.2) is 24.5 Å². The predicted octanol–water partition coefficient (Wildman–Crippen LogP) is 1.50. The van der Waals surface area contributed by atoms with Gasteiger partial charge in [-0.05, 0) is 24.8 Å². The molecule has 2 aliphatic rings. The SMILES string of the molecule is O=[N+]([O-])c1ccc2ncnc(N3CC(O)(C4CC4)C3)c2c1. The zero-order valence-electron chi connectivity index (χ0n) is 11.3. The highest BCUT2D eigenvalue weighted by Crippen LogP contribution is 2.46. The summed E-state index contributed by atoms with van der Waals surface area (Å²) < 4.78 is 0. The number of benzene rings is 1. The van der Waals surface area contributed by atoms with Crippen LogP contribution in [0.3, 0.4) is 0 Å². The van der Waals surface area contributed by atoms with Gasteiger partial charge in [0.05, 0.1) is 23.5 Å². The summed E-state index contributed by atoms with van der Waals surface area (Å²) in [4.78, 5) is 20.9. The zero-order chi connectivity index (χ0) is 14.6. The summed E-state index contributed by atoms with van der Waals surface area (Å²) in [6.07, 6.45) is 3.62. The fourth-order valence-electron chi connectivity index (χ4n) is 3.04. The molecule has 0 unspecified atom stereocenters. The van der Waals surface area contributed by atoms with E-state index in [9.17, 15) is 15.2 Å². The van der Waals surface area contributed by atoms with Gasteiger partial charge in [-0.1, -0.05) is 0 Å². The van der Waals surface area contributed by atoms with Crippen molar-refractivity contribution < 1.29 is 10.0 Å². The minimum Gasteiger partial charge on any atom is -0.386 e. The van der Waals surface area contributed by atoms with Crippen molar-refractivity contribution in [1.29, 1.82) is 0 Å². The summed E-state index contributed by atoms with van der Waals surface area (Å²) in [6, 6.07) is 4.57. The number of nitro groups is 1. The van der Waals surface area contributed by atoms with Gasteiger partial charge in [-0.2, -0.15) is 0 Å². The standard InChI is InChI=1S/C14H14N4O3/c19-14(9-1-2-9)6-17(7-14)13-11-5-10(18(20)21)3-4-12(11)15-8-16-13/h3-5,8-9,19H,1-2,6-7H2. The van der Waals surface area contributed by atoms with Gasteiger partial charge < -0.3 is 10.0 Å². The monoisotopic (exact) mass is 286 g/mol. The van der Waals surface area contributed by atoms with Crippen LogP contribution in [-0.4, -0.2) is 38.7 Å². The van der Waals surface area contributed by atoms with Gasteiger partial charge in [0.1, 0.15) is 17.7 Å². The number of nitrogens with zero attached hydrogens (tertiary/aromatic N) is 4. The van der Waals surface area contributed by atoms with Crippen LogP contribution >= 0.6 is 0 Å². The molecule has 21 heavy (non-hydrogen) atoms. The summed E-state index contributed by atoms with van der Waals surface area (Å²) in [5, 5.41) is 22.0. The lowest BCUT2D eigenvalue weighted by Gasteiger charge is -2.47. The van der Waals surface area contributed by atoms with Gasteiger partial charge in [-0.3, -0.25) is 10.1 Å². The highest BCUT2D eigenvalue weighted by Gasteiger charge is 2.52. The molecule has 1 saturated carbocycles. The fraction of sp³-hybridized carbons (Fsp3) is 0.429. The predicted molar refractivity (Wildman–Crippen MR) is 76.1 cm³/mol. The summed E-state index contributed by atoms with van der Waals surface area (Å²) in [7, 11) is 0. The van der Waals surface area contributed by atoms with E-state index in [1.807, 2.05) is 4.90 Å². The lowest BCUT2D eigenvalue weighted by Crippen LogP contribution is -2.63. The Kier molecular flexibility index (Phi) is 2.44. The summed E-state index contributed by atoms with van der Waals surface area (Å²) >= 11 is 0. The molecule has 0 spiro atoms. The quantitative estimate of drug-likeness (QED) is 0.679. The van der Waals surface area contributed by atoms with Crippen molar-refractivity contribution in [3.05, 3.63) is 34.6 Å². The average molecular weight is 286 g/mol. The van der Waals surface area contributed by atoms with E-state index in [4.69, 9.17) is 0 Å². The number of anilines is 1. The van der Waals surface area contributed by atoms with Gasteiger partial charge in [-0.25, -0.2) is 9.97 Å². The third-order valence-corrected chi connectivity index (χ3v) is 4.37. The first-order chi connectivity index (χ1) is 10.1. The third kappa shape index (κ3) is 1.92. The molecule has 0 radical (unpaired) electrons. The molecule has 1 aromatic carbocycles. The Morgan fingerprint density at radius 3 is 2.76 bits per heavy atom. The second kappa shape index (κ2) is 4.11. The zero-order valence-corrected chi connectivity index (χ0v) is 11.3. The average Bonchev–Trinajstić information content (AvgIpc) is 3.27. The third-order valence-electron chi connectivity index (χ3n) is 4.37. The van der Waals surface area contributed by atoms with Crippen molar-refractivity contribution in [3.63, 3.8) is 0 Å². The number of nitro benzene ring substituents is 1. The summed E-state index contributed by atoms with van der Waals surface area (Å²) in [5.74, 6) is 1.06. The Hall–Kier alpha value is -2.28. The maximum Gasteiger partial charge on any atom is 0.270 e. The van der Waals surface area contributed by atoms with E-state index >= 15 is 0 Å². The summed E-state index contributed by atoms with van der Waals surface area (Å²) in [6.45, 7) is 1.07. The van der Waals surface area contributed by atoms with Crippen molar-refractivity contribution >= 4 is 22.4 Å². The molecular formula is C14H14N4O3. The van der Waals surface area contributed by atoms with Crippen molar-refractivity contribution in [1.82, 2.24) is 9.97 Å². The Morgan fingerprint density at radius 2 is 2.10 bits per heavy atom. The number of aromatic nitrogens is 2. The van der Waals surface area contributed by atoms with Crippen molar-refractivity contribution in [2.24, 2.45) is 5.92 Å². The van der Waals surface area contributed by atoms with Crippen LogP contribution in [0, 0.1) is 16.0 Å². The first-order valence-electron chi connectivity index (χ1n) is 6.93. The van der Waals surface area contributed by atoms with E-state index < -0.39 is 10.5 Å². The first kappa shape index (κ1) is 12.5. The van der Waals surface area contributed by atoms with E-state index in [0.717, 1.165) is 12.8 Å². The lowest BCUT2D eigenvalue weighted by atomic mass is 9.88. The van der Waals surface area contributed by atoms with Gasteiger partial charge in [0.25, 0.3) is 5.69 Å². The maximum atomic E-state index is 10.9. The molecule has 7 heteroatoms. The largest absolute Gasteiger partial charge is 0.386 e. The van der Waals surface area contributed by atoms with Crippen LogP contribution in [0.1, 0.15) is 12.8 Å². The number of hydrogen-bond donors (Lipinski definition) is 1. The minimum absolute atomic E-state index is 0.0246. The molecule has 1 aliphatic heterocycles. The topological polar surface area (TPSA) is 92.4 Å². The second-order valence-corrected chi connectivity index (χ2v) is 5.89. The van der Waals surface area contributed by atoms with E-state index in [1.54, 1.807) is 6.07 Å². The van der Waals surface area contributed by atoms with E-state index in [2.05, 4.69) is 9.97 Å². The molecule has 1 saturated heterocycles. The molecule has 0 atom stereocenters. The van der Waals surface area contributed by atoms with Crippen LogP contribution in [0.4, 0.5) is 11.5 Å². The van der Waals surface area contributed by atoms with E-state index in [-0.39, 0.29) is 5.69 Å². The number of non-ortho nitro benzene ring substituents is 1. The smallest absolute Gasteiger partial charge is 0.270 e. The minimum atomic E-state index is -0.613. The normalized spacial score (nSPS) is 20.3. The van der Waals surface area contributed by atoms with Crippen LogP contribution in [-0.2, 0) is 0 Å². The molecule has 1 N–H and O–H groups in total. The number of β-amino-alcohol motifs (C(OH)–C–C–N with tert-alkyl or cyclic N) is 1. The van der Waals surface area contributed by atoms with Gasteiger partial charge >= 0.3 is 0 Å². The number of hydrogen-bond acceptors (Lipinski definition) is 6. The molecule has 108 valence electrons. The Labute approximate surface area is 120 Å². The number of rotatable bonds is 3. The van der Waals surface area contributed by atoms with Crippen molar-refractivity contribution in [2.75, 3.05) is 18.0 Å². The highest BCUT2D eigenvalue weighted by atomic mass is 16.6. The van der Waals surface area contributed by atoms with Gasteiger partial charge in [0, 0.05) is 17.5 Å². The van der Waals surface area contributed by atoms with Crippen LogP contribution in [0.2, 0.25) is 0 Å². The van der Waals surface area contributed by atoms with Gasteiger partial charge in [0.2, 0.25) is 0 Å². The van der Waals surface area contributed by atoms with Gasteiger partial charge in [0.15, 0.2) is 0 Å². The van der Waals surface area contributed by atoms with E-state index in [1.165, 1.54) is 18.5 Å². The molecule has 1 aromatic heterocycles. The van der Waals surface area contributed by atoms with Crippen LogP contribution in [0.25, 0.3) is 10.9 Å². The molecular weight excluding hydrogens is 272 g/mol. The Balaban J connectivity index is 1.71. The van der Waals surface area contributed by atoms with Gasteiger partial charge in [-0.15, -0.1) is 0 Å². The molecule has 0 amide bonds. The van der Waals surface area contributed by atoms with Crippen LogP contribution < -0.4 is 4.90 Å². The number of fused-ring (bicyclic) bond motifs is 1. The lowest BCUT2D eigenvalue weighted by molar-refractivity contribution is -0.384. The first-order valence-corrected chi connectivity index (χ1v) is 6.93. The van der Waals surface area contributed by atoms with Crippen LogP contribution in [0.5, 0.6) is 0 Å². The molecule has 0 bridgehead atoms. The second-order valence-electron chi connectivity index (χ2n) is 5.89. The maximum absolute atomic E-state index is 10.9. The Morgan fingerprint density at radius 1 is 1.33 bits per heavy atom. The van der Waals surface area contributed by atoms with Crippen molar-refractivity contribution in [3.8, 4) is 0 Å². The number of aliphatic hydroxyl groups is 1. The van der Waals surface area contributed by atoms with Crippen molar-refractivity contribution in [2.45, 2.75) is 18.4 Å². The molecule has 4 rings (SSSR count).